The number of β-amino-alcohol motifs (C(OH)–C–C–N with tert-alkyl or cyclic N) is 1. The summed E-state index contributed by atoms with van der Waals surface area (Å²) in [4.78, 5) is 0. The third-order valence-corrected chi connectivity index (χ3v) is 4.66. The molecule has 0 spiro atoms. The Labute approximate surface area is 146 Å². The molecule has 1 atom stereocenters. The van der Waals surface area contributed by atoms with Crippen molar-refractivity contribution in [2.24, 2.45) is 5.10 Å². The van der Waals surface area contributed by atoms with Crippen LogP contribution in [0.2, 0.25) is 10.0 Å². The van der Waals surface area contributed by atoms with Crippen molar-refractivity contribution in [2.75, 3.05) is 39.4 Å². The normalized spacial score (nSPS) is 21.7. The fraction of sp³-hybridized carbons (Fsp3) is 0.533. The van der Waals surface area contributed by atoms with Gasteiger partial charge in [0.25, 0.3) is 0 Å². The van der Waals surface area contributed by atoms with Gasteiger partial charge in [0.05, 0.1) is 6.54 Å². The van der Waals surface area contributed by atoms with Crippen LogP contribution in [0.1, 0.15) is 12.5 Å². The second-order valence-electron chi connectivity index (χ2n) is 6.08. The number of hydrazone groups is 1. The molecule has 1 fully saturated rings. The van der Waals surface area contributed by atoms with Crippen LogP contribution in [0.3, 0.4) is 0 Å². The molecule has 2 N–H and O–H groups in total. The van der Waals surface area contributed by atoms with Crippen LogP contribution >= 0.6 is 23.2 Å². The summed E-state index contributed by atoms with van der Waals surface area (Å²) >= 11 is 12.1. The summed E-state index contributed by atoms with van der Waals surface area (Å²) in [6, 6.07) is 5.14. The Morgan fingerprint density at radius 3 is 2.74 bits per heavy atom. The van der Waals surface area contributed by atoms with E-state index in [1.54, 1.807) is 25.1 Å². The molecule has 0 bridgehead atoms. The first kappa shape index (κ1) is 16.8. The quantitative estimate of drug-likeness (QED) is 0.855. The van der Waals surface area contributed by atoms with Crippen molar-refractivity contribution in [1.29, 1.82) is 0 Å². The zero-order chi connectivity index (χ0) is 16.4. The van der Waals surface area contributed by atoms with E-state index < -0.39 is 5.60 Å². The van der Waals surface area contributed by atoms with Gasteiger partial charge in [0.15, 0.2) is 0 Å². The molecule has 1 aromatic rings. The average molecular weight is 358 g/mol. The van der Waals surface area contributed by atoms with E-state index in [0.29, 0.717) is 28.8 Å². The number of aliphatic hydroxyl groups is 1. The third kappa shape index (κ3) is 3.89. The number of nitrogens with one attached hydrogen (secondary N) is 1. The van der Waals surface area contributed by atoms with Gasteiger partial charge < -0.3 is 10.4 Å². The van der Waals surface area contributed by atoms with Gasteiger partial charge in [-0.3, -0.25) is 10.0 Å². The van der Waals surface area contributed by atoms with E-state index in [9.17, 15) is 5.11 Å². The molecular weight excluding hydrogens is 337 g/mol. The largest absolute Gasteiger partial charge is 0.383 e. The SMILES string of the molecule is CC(O)(CN1CN(N2CCNCC2)C=N1)c1ccc(Cl)cc1Cl. The van der Waals surface area contributed by atoms with Crippen LogP contribution in [0.25, 0.3) is 0 Å². The molecular formula is C15H21Cl2N5O. The first-order chi connectivity index (χ1) is 11.0. The zero-order valence-corrected chi connectivity index (χ0v) is 14.6. The molecule has 1 unspecified atom stereocenters. The van der Waals surface area contributed by atoms with Crippen molar-refractivity contribution in [3.05, 3.63) is 33.8 Å². The highest BCUT2D eigenvalue weighted by Crippen LogP contribution is 2.31. The van der Waals surface area contributed by atoms with Crippen molar-refractivity contribution < 1.29 is 5.11 Å². The van der Waals surface area contributed by atoms with Crippen molar-refractivity contribution in [2.45, 2.75) is 12.5 Å². The molecule has 126 valence electrons. The summed E-state index contributed by atoms with van der Waals surface area (Å²) in [7, 11) is 0. The molecule has 6 nitrogen and oxygen atoms in total. The minimum Gasteiger partial charge on any atom is -0.383 e. The van der Waals surface area contributed by atoms with E-state index in [1.807, 2.05) is 11.3 Å². The fourth-order valence-electron chi connectivity index (χ4n) is 2.90. The van der Waals surface area contributed by atoms with Crippen LogP contribution in [-0.2, 0) is 5.60 Å². The summed E-state index contributed by atoms with van der Waals surface area (Å²) in [5.74, 6) is 0. The van der Waals surface area contributed by atoms with Crippen LogP contribution < -0.4 is 5.32 Å². The van der Waals surface area contributed by atoms with E-state index in [2.05, 4.69) is 20.4 Å². The van der Waals surface area contributed by atoms with Crippen LogP contribution in [0.15, 0.2) is 23.3 Å². The maximum Gasteiger partial charge on any atom is 0.127 e. The minimum atomic E-state index is -1.11. The van der Waals surface area contributed by atoms with E-state index in [1.165, 1.54) is 0 Å². The van der Waals surface area contributed by atoms with Crippen molar-refractivity contribution in [1.82, 2.24) is 20.3 Å². The van der Waals surface area contributed by atoms with Gasteiger partial charge in [-0.05, 0) is 19.1 Å². The number of nitrogens with zero attached hydrogens (tertiary/aromatic N) is 4. The topological polar surface area (TPSA) is 54.3 Å². The first-order valence-electron chi connectivity index (χ1n) is 7.65. The van der Waals surface area contributed by atoms with Gasteiger partial charge in [-0.2, -0.15) is 5.10 Å². The second-order valence-corrected chi connectivity index (χ2v) is 6.92. The Kier molecular flexibility index (Phi) is 4.98. The zero-order valence-electron chi connectivity index (χ0n) is 13.0. The molecule has 2 aliphatic heterocycles. The maximum absolute atomic E-state index is 10.8. The van der Waals surface area contributed by atoms with E-state index >= 15 is 0 Å². The van der Waals surface area contributed by atoms with Crippen LogP contribution in [0.4, 0.5) is 0 Å². The summed E-state index contributed by atoms with van der Waals surface area (Å²) in [6.45, 7) is 6.59. The first-order valence-corrected chi connectivity index (χ1v) is 8.40. The van der Waals surface area contributed by atoms with Gasteiger partial charge >= 0.3 is 0 Å². The molecule has 0 aliphatic carbocycles. The monoisotopic (exact) mass is 357 g/mol. The lowest BCUT2D eigenvalue weighted by molar-refractivity contribution is -0.0228. The lowest BCUT2D eigenvalue weighted by atomic mass is 9.96. The summed E-state index contributed by atoms with van der Waals surface area (Å²) < 4.78 is 0. The number of benzene rings is 1. The molecule has 1 aromatic carbocycles. The van der Waals surface area contributed by atoms with Crippen molar-refractivity contribution in [3.63, 3.8) is 0 Å². The van der Waals surface area contributed by atoms with Gasteiger partial charge in [0.1, 0.15) is 18.6 Å². The molecule has 2 heterocycles. The molecule has 23 heavy (non-hydrogen) atoms. The molecule has 0 saturated carbocycles. The Balaban J connectivity index is 1.63. The Morgan fingerprint density at radius 2 is 2.04 bits per heavy atom. The van der Waals surface area contributed by atoms with Crippen LogP contribution in [0.5, 0.6) is 0 Å². The number of piperazine rings is 1. The Hall–Kier alpha value is -1.05. The highest BCUT2D eigenvalue weighted by molar-refractivity contribution is 6.35. The number of hydrogen-bond donors (Lipinski definition) is 2. The average Bonchev–Trinajstić information content (AvgIpc) is 2.95. The highest BCUT2D eigenvalue weighted by atomic mass is 35.5. The fourth-order valence-corrected chi connectivity index (χ4v) is 3.52. The number of rotatable bonds is 4. The van der Waals surface area contributed by atoms with E-state index in [-0.39, 0.29) is 0 Å². The van der Waals surface area contributed by atoms with Gasteiger partial charge in [0, 0.05) is 41.8 Å². The predicted octanol–water partition coefficient (Wildman–Crippen LogP) is 1.54. The molecule has 0 amide bonds. The lowest BCUT2D eigenvalue weighted by Gasteiger charge is -2.35. The second kappa shape index (κ2) is 6.83. The number of halogens is 2. The van der Waals surface area contributed by atoms with E-state index in [0.717, 1.165) is 26.2 Å². The molecule has 3 rings (SSSR count). The highest BCUT2D eigenvalue weighted by Gasteiger charge is 2.31. The molecule has 8 heteroatoms. The number of hydrazine groups is 1. The third-order valence-electron chi connectivity index (χ3n) is 4.11. The molecule has 0 aromatic heterocycles. The van der Waals surface area contributed by atoms with Crippen molar-refractivity contribution >= 4 is 29.5 Å². The van der Waals surface area contributed by atoms with Gasteiger partial charge in [-0.25, -0.2) is 5.01 Å². The van der Waals surface area contributed by atoms with Gasteiger partial charge in [-0.15, -0.1) is 0 Å². The molecule has 2 aliphatic rings. The summed E-state index contributed by atoms with van der Waals surface area (Å²) in [5, 5.41) is 25.7. The predicted molar refractivity (Wildman–Crippen MR) is 92.4 cm³/mol. The van der Waals surface area contributed by atoms with Gasteiger partial charge in [-0.1, -0.05) is 29.3 Å². The molecule has 1 saturated heterocycles. The van der Waals surface area contributed by atoms with Crippen LogP contribution in [0, 0.1) is 0 Å². The molecule has 0 radical (unpaired) electrons. The van der Waals surface area contributed by atoms with Gasteiger partial charge in [0.2, 0.25) is 0 Å². The Bertz CT molecular complexity index is 589. The van der Waals surface area contributed by atoms with E-state index in [4.69, 9.17) is 23.2 Å². The van der Waals surface area contributed by atoms with Crippen LogP contribution in [-0.4, -0.2) is 65.9 Å². The number of hydrogen-bond acceptors (Lipinski definition) is 6. The minimum absolute atomic E-state index is 0.355. The lowest BCUT2D eigenvalue weighted by Crippen LogP contribution is -2.52. The van der Waals surface area contributed by atoms with Crippen molar-refractivity contribution in [3.8, 4) is 0 Å². The maximum atomic E-state index is 10.8. The Morgan fingerprint density at radius 1 is 1.30 bits per heavy atom. The smallest absolute Gasteiger partial charge is 0.127 e. The standard InChI is InChI=1S/C15H21Cl2N5O/c1-15(23,13-3-2-12(16)8-14(13)17)9-20-11-22(10-19-20)21-6-4-18-5-7-21/h2-3,8,10,18,23H,4-7,9,11H2,1H3. The summed E-state index contributed by atoms with van der Waals surface area (Å²) in [6.07, 6.45) is 1.81. The summed E-state index contributed by atoms with van der Waals surface area (Å²) in [5.41, 5.74) is -0.460.